The van der Waals surface area contributed by atoms with Crippen LogP contribution in [-0.2, 0) is 11.2 Å². The minimum absolute atomic E-state index is 0.0723. The molecule has 0 aliphatic heterocycles. The van der Waals surface area contributed by atoms with Gasteiger partial charge in [0.1, 0.15) is 5.75 Å². The second-order valence-corrected chi connectivity index (χ2v) is 3.55. The molecule has 0 bridgehead atoms. The van der Waals surface area contributed by atoms with Gasteiger partial charge in [-0.25, -0.2) is 4.39 Å². The lowest BCUT2D eigenvalue weighted by atomic mass is 10.1. The number of carboxylic acids is 1. The lowest BCUT2D eigenvalue weighted by Crippen LogP contribution is -1.99. The molecule has 0 radical (unpaired) electrons. The van der Waals surface area contributed by atoms with Crippen molar-refractivity contribution < 1.29 is 23.8 Å². The van der Waals surface area contributed by atoms with E-state index in [1.54, 1.807) is 0 Å². The molecule has 94 valence electrons. The van der Waals surface area contributed by atoms with Gasteiger partial charge in [0.05, 0.1) is 14.2 Å². The SMILES string of the molecule is COc1cc(CCCC(=O)O)c(OC)cc1F. The van der Waals surface area contributed by atoms with Crippen LogP contribution in [0.4, 0.5) is 4.39 Å². The van der Waals surface area contributed by atoms with Gasteiger partial charge in [0, 0.05) is 12.5 Å². The van der Waals surface area contributed by atoms with Crippen molar-refractivity contribution in [3.05, 3.63) is 23.5 Å². The Balaban J connectivity index is 2.84. The molecule has 0 amide bonds. The molecular formula is C12H15FO4. The maximum atomic E-state index is 13.4. The molecule has 0 saturated carbocycles. The number of ether oxygens (including phenoxy) is 2. The molecule has 1 N–H and O–H groups in total. The van der Waals surface area contributed by atoms with Gasteiger partial charge in [-0.3, -0.25) is 4.79 Å². The topological polar surface area (TPSA) is 55.8 Å². The largest absolute Gasteiger partial charge is 0.496 e. The van der Waals surface area contributed by atoms with Crippen LogP contribution < -0.4 is 9.47 Å². The molecule has 5 heteroatoms. The summed E-state index contributed by atoms with van der Waals surface area (Å²) < 4.78 is 23.3. The monoisotopic (exact) mass is 242 g/mol. The Labute approximate surface area is 99.0 Å². The zero-order chi connectivity index (χ0) is 12.8. The van der Waals surface area contributed by atoms with Gasteiger partial charge in [-0.2, -0.15) is 0 Å². The fraction of sp³-hybridized carbons (Fsp3) is 0.417. The van der Waals surface area contributed by atoms with E-state index < -0.39 is 11.8 Å². The Kier molecular flexibility index (Phi) is 4.75. The summed E-state index contributed by atoms with van der Waals surface area (Å²) in [6.45, 7) is 0. The lowest BCUT2D eigenvalue weighted by molar-refractivity contribution is -0.137. The Morgan fingerprint density at radius 3 is 2.47 bits per heavy atom. The highest BCUT2D eigenvalue weighted by Gasteiger charge is 2.11. The maximum absolute atomic E-state index is 13.4. The van der Waals surface area contributed by atoms with Crippen molar-refractivity contribution in [1.82, 2.24) is 0 Å². The van der Waals surface area contributed by atoms with E-state index in [2.05, 4.69) is 0 Å². The van der Waals surface area contributed by atoms with Crippen molar-refractivity contribution in [2.75, 3.05) is 14.2 Å². The minimum Gasteiger partial charge on any atom is -0.496 e. The van der Waals surface area contributed by atoms with E-state index in [-0.39, 0.29) is 12.2 Å². The van der Waals surface area contributed by atoms with E-state index in [1.807, 2.05) is 0 Å². The number of rotatable bonds is 6. The normalized spacial score (nSPS) is 10.1. The summed E-state index contributed by atoms with van der Waals surface area (Å²) in [5.41, 5.74) is 0.743. The smallest absolute Gasteiger partial charge is 0.303 e. The Bertz CT molecular complexity index is 404. The predicted molar refractivity (Wildman–Crippen MR) is 60.1 cm³/mol. The van der Waals surface area contributed by atoms with Crippen LogP contribution in [0.25, 0.3) is 0 Å². The molecule has 0 aliphatic rings. The van der Waals surface area contributed by atoms with Crippen LogP contribution in [0, 0.1) is 5.82 Å². The predicted octanol–water partition coefficient (Wildman–Crippen LogP) is 2.25. The average molecular weight is 242 g/mol. The van der Waals surface area contributed by atoms with Crippen LogP contribution in [0.5, 0.6) is 11.5 Å². The summed E-state index contributed by atoms with van der Waals surface area (Å²) in [7, 11) is 2.83. The lowest BCUT2D eigenvalue weighted by Gasteiger charge is -2.10. The van der Waals surface area contributed by atoms with E-state index in [0.717, 1.165) is 5.56 Å². The number of methoxy groups -OCH3 is 2. The second-order valence-electron chi connectivity index (χ2n) is 3.55. The van der Waals surface area contributed by atoms with Crippen molar-refractivity contribution in [3.8, 4) is 11.5 Å². The maximum Gasteiger partial charge on any atom is 0.303 e. The Hall–Kier alpha value is -1.78. The zero-order valence-corrected chi connectivity index (χ0v) is 9.83. The molecule has 0 aliphatic carbocycles. The van der Waals surface area contributed by atoms with Crippen LogP contribution >= 0.6 is 0 Å². The summed E-state index contributed by atoms with van der Waals surface area (Å²) >= 11 is 0. The highest BCUT2D eigenvalue weighted by Crippen LogP contribution is 2.28. The van der Waals surface area contributed by atoms with Crippen molar-refractivity contribution in [2.45, 2.75) is 19.3 Å². The average Bonchev–Trinajstić information content (AvgIpc) is 2.30. The number of carbonyl (C=O) groups is 1. The van der Waals surface area contributed by atoms with E-state index in [4.69, 9.17) is 14.6 Å². The van der Waals surface area contributed by atoms with Gasteiger partial charge in [0.15, 0.2) is 11.6 Å². The number of halogens is 1. The first-order valence-electron chi connectivity index (χ1n) is 5.20. The summed E-state index contributed by atoms with van der Waals surface area (Å²) in [5, 5.41) is 8.55. The van der Waals surface area contributed by atoms with Crippen LogP contribution in [0.1, 0.15) is 18.4 Å². The van der Waals surface area contributed by atoms with Gasteiger partial charge in [0.2, 0.25) is 0 Å². The van der Waals surface area contributed by atoms with E-state index in [0.29, 0.717) is 18.6 Å². The molecule has 0 spiro atoms. The first kappa shape index (κ1) is 13.3. The number of carboxylic acid groups (broad SMARTS) is 1. The molecule has 0 heterocycles. The molecule has 0 unspecified atom stereocenters. The second kappa shape index (κ2) is 6.08. The first-order valence-corrected chi connectivity index (χ1v) is 5.20. The number of benzene rings is 1. The van der Waals surface area contributed by atoms with Gasteiger partial charge in [-0.15, -0.1) is 0 Å². The molecule has 0 aromatic heterocycles. The van der Waals surface area contributed by atoms with Crippen LogP contribution in [0.2, 0.25) is 0 Å². The summed E-state index contributed by atoms with van der Waals surface area (Å²) in [5.74, 6) is -0.797. The highest BCUT2D eigenvalue weighted by molar-refractivity contribution is 5.66. The van der Waals surface area contributed by atoms with Crippen molar-refractivity contribution in [1.29, 1.82) is 0 Å². The van der Waals surface area contributed by atoms with Crippen LogP contribution in [0.3, 0.4) is 0 Å². The van der Waals surface area contributed by atoms with Crippen LogP contribution in [-0.4, -0.2) is 25.3 Å². The fourth-order valence-corrected chi connectivity index (χ4v) is 1.55. The van der Waals surface area contributed by atoms with Gasteiger partial charge >= 0.3 is 5.97 Å². The molecule has 1 rings (SSSR count). The van der Waals surface area contributed by atoms with E-state index in [9.17, 15) is 9.18 Å². The summed E-state index contributed by atoms with van der Waals surface area (Å²) in [4.78, 5) is 10.4. The number of hydrogen-bond donors (Lipinski definition) is 1. The quantitative estimate of drug-likeness (QED) is 0.831. The van der Waals surface area contributed by atoms with Crippen molar-refractivity contribution >= 4 is 5.97 Å². The van der Waals surface area contributed by atoms with Gasteiger partial charge in [-0.05, 0) is 24.5 Å². The molecule has 17 heavy (non-hydrogen) atoms. The number of aryl methyl sites for hydroxylation is 1. The van der Waals surface area contributed by atoms with Crippen molar-refractivity contribution in [2.24, 2.45) is 0 Å². The Morgan fingerprint density at radius 1 is 1.29 bits per heavy atom. The molecule has 1 aromatic rings. The van der Waals surface area contributed by atoms with Gasteiger partial charge < -0.3 is 14.6 Å². The van der Waals surface area contributed by atoms with E-state index >= 15 is 0 Å². The van der Waals surface area contributed by atoms with Crippen molar-refractivity contribution in [3.63, 3.8) is 0 Å². The molecular weight excluding hydrogens is 227 g/mol. The molecule has 1 aromatic carbocycles. The van der Waals surface area contributed by atoms with Gasteiger partial charge in [-0.1, -0.05) is 0 Å². The molecule has 0 fully saturated rings. The fourth-order valence-electron chi connectivity index (χ4n) is 1.55. The minimum atomic E-state index is -0.849. The van der Waals surface area contributed by atoms with Gasteiger partial charge in [0.25, 0.3) is 0 Å². The molecule has 0 saturated heterocycles. The number of aliphatic carboxylic acids is 1. The zero-order valence-electron chi connectivity index (χ0n) is 9.83. The third-order valence-electron chi connectivity index (χ3n) is 2.39. The highest BCUT2D eigenvalue weighted by atomic mass is 19.1. The molecule has 0 atom stereocenters. The van der Waals surface area contributed by atoms with E-state index in [1.165, 1.54) is 26.4 Å². The standard InChI is InChI=1S/C12H15FO4/c1-16-10-7-9(13)11(17-2)6-8(10)4-3-5-12(14)15/h6-7H,3-5H2,1-2H3,(H,14,15). The third kappa shape index (κ3) is 3.62. The summed E-state index contributed by atoms with van der Waals surface area (Å²) in [6, 6.07) is 2.78. The Morgan fingerprint density at radius 2 is 1.94 bits per heavy atom. The molecule has 4 nitrogen and oxygen atoms in total. The summed E-state index contributed by atoms with van der Waals surface area (Å²) in [6.07, 6.45) is 1.05. The first-order chi connectivity index (χ1) is 8.08. The number of hydrogen-bond acceptors (Lipinski definition) is 3. The van der Waals surface area contributed by atoms with Crippen LogP contribution in [0.15, 0.2) is 12.1 Å². The third-order valence-corrected chi connectivity index (χ3v) is 2.39.